The molecular formula is C17H20ClN3O3. The van der Waals surface area contributed by atoms with Gasteiger partial charge in [-0.1, -0.05) is 30.3 Å². The van der Waals surface area contributed by atoms with Gasteiger partial charge >= 0.3 is 0 Å². The van der Waals surface area contributed by atoms with Gasteiger partial charge in [0.15, 0.2) is 0 Å². The maximum atomic E-state index is 12.5. The van der Waals surface area contributed by atoms with Crippen molar-refractivity contribution in [1.82, 2.24) is 9.88 Å². The fourth-order valence-corrected chi connectivity index (χ4v) is 2.49. The van der Waals surface area contributed by atoms with Crippen LogP contribution in [0.25, 0.3) is 0 Å². The molecule has 1 atom stereocenters. The summed E-state index contributed by atoms with van der Waals surface area (Å²) < 4.78 is 6.85. The standard InChI is InChI=1S/C17H19N3O3.ClH/c21-16(15-12-23-10-8-18-15)19-14-7-4-9-20(17(14)22)11-13-5-2-1-3-6-13;/h1-7,9,15,18H,8,10-12H2,(H,19,21);1H. The summed E-state index contributed by atoms with van der Waals surface area (Å²) in [6, 6.07) is 12.7. The summed E-state index contributed by atoms with van der Waals surface area (Å²) in [6.45, 7) is 2.01. The lowest BCUT2D eigenvalue weighted by molar-refractivity contribution is -0.120. The van der Waals surface area contributed by atoms with Gasteiger partial charge in [-0.15, -0.1) is 12.4 Å². The van der Waals surface area contributed by atoms with Crippen LogP contribution >= 0.6 is 12.4 Å². The van der Waals surface area contributed by atoms with Crippen molar-refractivity contribution in [2.24, 2.45) is 0 Å². The molecule has 6 nitrogen and oxygen atoms in total. The number of pyridine rings is 1. The zero-order valence-electron chi connectivity index (χ0n) is 13.1. The number of morpholine rings is 1. The number of halogens is 1. The smallest absolute Gasteiger partial charge is 0.274 e. The van der Waals surface area contributed by atoms with E-state index in [9.17, 15) is 9.59 Å². The maximum Gasteiger partial charge on any atom is 0.274 e. The van der Waals surface area contributed by atoms with Crippen LogP contribution in [0.15, 0.2) is 53.5 Å². The number of amides is 1. The number of benzene rings is 1. The Balaban J connectivity index is 0.00000208. The number of hydrogen-bond acceptors (Lipinski definition) is 4. The number of hydrogen-bond donors (Lipinski definition) is 2. The topological polar surface area (TPSA) is 72.4 Å². The Kier molecular flexibility index (Phi) is 6.54. The fourth-order valence-electron chi connectivity index (χ4n) is 2.49. The highest BCUT2D eigenvalue weighted by atomic mass is 35.5. The molecule has 0 bridgehead atoms. The van der Waals surface area contributed by atoms with E-state index in [1.807, 2.05) is 30.3 Å². The Bertz CT molecular complexity index is 727. The summed E-state index contributed by atoms with van der Waals surface area (Å²) >= 11 is 0. The molecule has 2 N–H and O–H groups in total. The van der Waals surface area contributed by atoms with Gasteiger partial charge in [-0.3, -0.25) is 9.59 Å². The SMILES string of the molecule is Cl.O=C(Nc1cccn(Cc2ccccc2)c1=O)C1COCCN1. The van der Waals surface area contributed by atoms with Gasteiger partial charge in [0, 0.05) is 12.7 Å². The Morgan fingerprint density at radius 2 is 2.04 bits per heavy atom. The van der Waals surface area contributed by atoms with E-state index in [-0.39, 0.29) is 29.6 Å². The number of aromatic nitrogens is 1. The maximum absolute atomic E-state index is 12.5. The Hall–Kier alpha value is -2.15. The average Bonchev–Trinajstić information content (AvgIpc) is 2.60. The monoisotopic (exact) mass is 349 g/mol. The van der Waals surface area contributed by atoms with Crippen LogP contribution < -0.4 is 16.2 Å². The van der Waals surface area contributed by atoms with Crippen LogP contribution in [0.5, 0.6) is 0 Å². The van der Waals surface area contributed by atoms with E-state index >= 15 is 0 Å². The molecule has 1 aromatic heterocycles. The first-order valence-electron chi connectivity index (χ1n) is 7.59. The van der Waals surface area contributed by atoms with E-state index in [4.69, 9.17) is 4.74 Å². The van der Waals surface area contributed by atoms with Crippen molar-refractivity contribution in [3.8, 4) is 0 Å². The number of carbonyl (C=O) groups excluding carboxylic acids is 1. The van der Waals surface area contributed by atoms with Gasteiger partial charge in [-0.25, -0.2) is 0 Å². The molecule has 0 saturated carbocycles. The van der Waals surface area contributed by atoms with Crippen LogP contribution in [-0.4, -0.2) is 36.3 Å². The van der Waals surface area contributed by atoms with Gasteiger partial charge in [0.25, 0.3) is 5.56 Å². The van der Waals surface area contributed by atoms with E-state index in [2.05, 4.69) is 10.6 Å². The third-order valence-corrected chi connectivity index (χ3v) is 3.71. The van der Waals surface area contributed by atoms with Crippen molar-refractivity contribution in [2.75, 3.05) is 25.1 Å². The van der Waals surface area contributed by atoms with Crippen LogP contribution in [-0.2, 0) is 16.1 Å². The molecule has 1 aromatic carbocycles. The van der Waals surface area contributed by atoms with Crippen molar-refractivity contribution < 1.29 is 9.53 Å². The predicted molar refractivity (Wildman–Crippen MR) is 94.7 cm³/mol. The second-order valence-corrected chi connectivity index (χ2v) is 5.41. The molecule has 1 saturated heterocycles. The lowest BCUT2D eigenvalue weighted by atomic mass is 10.2. The molecule has 128 valence electrons. The molecule has 1 aliphatic heterocycles. The van der Waals surface area contributed by atoms with Gasteiger partial charge in [-0.05, 0) is 17.7 Å². The molecule has 0 spiro atoms. The zero-order chi connectivity index (χ0) is 16.1. The van der Waals surface area contributed by atoms with Gasteiger partial charge < -0.3 is 19.9 Å². The largest absolute Gasteiger partial charge is 0.378 e. The summed E-state index contributed by atoms with van der Waals surface area (Å²) in [4.78, 5) is 24.7. The molecule has 3 rings (SSSR count). The van der Waals surface area contributed by atoms with Crippen LogP contribution in [0, 0.1) is 0 Å². The van der Waals surface area contributed by atoms with Crippen LogP contribution in [0.4, 0.5) is 5.69 Å². The summed E-state index contributed by atoms with van der Waals surface area (Å²) in [5.74, 6) is -0.251. The predicted octanol–water partition coefficient (Wildman–Crippen LogP) is 1.25. The summed E-state index contributed by atoms with van der Waals surface area (Å²) in [5, 5.41) is 5.76. The van der Waals surface area contributed by atoms with E-state index in [0.717, 1.165) is 5.56 Å². The van der Waals surface area contributed by atoms with Gasteiger partial charge in [0.05, 0.1) is 19.8 Å². The lowest BCUT2D eigenvalue weighted by Crippen LogP contribution is -2.49. The molecule has 1 aliphatic rings. The number of rotatable bonds is 4. The normalized spacial score (nSPS) is 16.9. The van der Waals surface area contributed by atoms with E-state index < -0.39 is 6.04 Å². The number of nitrogens with one attached hydrogen (secondary N) is 2. The average molecular weight is 350 g/mol. The lowest BCUT2D eigenvalue weighted by Gasteiger charge is -2.22. The van der Waals surface area contributed by atoms with Crippen LogP contribution in [0.1, 0.15) is 5.56 Å². The Morgan fingerprint density at radius 3 is 2.75 bits per heavy atom. The third-order valence-electron chi connectivity index (χ3n) is 3.71. The van der Waals surface area contributed by atoms with E-state index in [1.165, 1.54) is 0 Å². The first-order valence-corrected chi connectivity index (χ1v) is 7.59. The number of ether oxygens (including phenoxy) is 1. The minimum Gasteiger partial charge on any atom is -0.378 e. The molecule has 7 heteroatoms. The minimum absolute atomic E-state index is 0. The summed E-state index contributed by atoms with van der Waals surface area (Å²) in [5.41, 5.74) is 1.09. The molecule has 0 aliphatic carbocycles. The highest BCUT2D eigenvalue weighted by Crippen LogP contribution is 2.05. The van der Waals surface area contributed by atoms with Crippen molar-refractivity contribution in [3.63, 3.8) is 0 Å². The fraction of sp³-hybridized carbons (Fsp3) is 0.294. The van der Waals surface area contributed by atoms with Crippen LogP contribution in [0.2, 0.25) is 0 Å². The Labute approximate surface area is 146 Å². The van der Waals surface area contributed by atoms with E-state index in [1.54, 1.807) is 22.9 Å². The zero-order valence-corrected chi connectivity index (χ0v) is 13.9. The molecule has 0 radical (unpaired) electrons. The third kappa shape index (κ3) is 4.44. The number of nitrogens with zero attached hydrogens (tertiary/aromatic N) is 1. The minimum atomic E-state index is -0.425. The molecule has 1 amide bonds. The highest BCUT2D eigenvalue weighted by molar-refractivity contribution is 5.94. The molecule has 1 fully saturated rings. The van der Waals surface area contributed by atoms with E-state index in [0.29, 0.717) is 26.3 Å². The molecule has 1 unspecified atom stereocenters. The van der Waals surface area contributed by atoms with Crippen molar-refractivity contribution >= 4 is 24.0 Å². The van der Waals surface area contributed by atoms with Gasteiger partial charge in [0.1, 0.15) is 11.7 Å². The number of anilines is 1. The number of carbonyl (C=O) groups is 1. The molecule has 2 heterocycles. The van der Waals surface area contributed by atoms with Gasteiger partial charge in [-0.2, -0.15) is 0 Å². The van der Waals surface area contributed by atoms with Crippen molar-refractivity contribution in [1.29, 1.82) is 0 Å². The van der Waals surface area contributed by atoms with Crippen molar-refractivity contribution in [3.05, 3.63) is 64.6 Å². The summed E-state index contributed by atoms with van der Waals surface area (Å²) in [6.07, 6.45) is 1.72. The highest BCUT2D eigenvalue weighted by Gasteiger charge is 2.22. The molecule has 24 heavy (non-hydrogen) atoms. The van der Waals surface area contributed by atoms with Gasteiger partial charge in [0.2, 0.25) is 5.91 Å². The second kappa shape index (κ2) is 8.63. The Morgan fingerprint density at radius 1 is 1.25 bits per heavy atom. The quantitative estimate of drug-likeness (QED) is 0.871. The molecular weight excluding hydrogens is 330 g/mol. The second-order valence-electron chi connectivity index (χ2n) is 5.41. The van der Waals surface area contributed by atoms with Crippen LogP contribution in [0.3, 0.4) is 0 Å². The first-order chi connectivity index (χ1) is 11.2. The summed E-state index contributed by atoms with van der Waals surface area (Å²) in [7, 11) is 0. The first kappa shape index (κ1) is 18.2. The molecule has 2 aromatic rings. The van der Waals surface area contributed by atoms with Crippen molar-refractivity contribution in [2.45, 2.75) is 12.6 Å².